The van der Waals surface area contributed by atoms with E-state index in [2.05, 4.69) is 20.9 Å². The zero-order valence-electron chi connectivity index (χ0n) is 8.72. The lowest BCUT2D eigenvalue weighted by Gasteiger charge is -1.98. The van der Waals surface area contributed by atoms with E-state index in [-0.39, 0.29) is 18.0 Å². The second-order valence-electron chi connectivity index (χ2n) is 3.39. The van der Waals surface area contributed by atoms with Crippen molar-refractivity contribution in [3.8, 4) is 0 Å². The maximum atomic E-state index is 11.8. The molecule has 86 valence electrons. The number of hydrogen-bond donors (Lipinski definition) is 0. The summed E-state index contributed by atoms with van der Waals surface area (Å²) in [5, 5.41) is 1.82. The molecule has 0 N–H and O–H groups in total. The molecule has 2 rings (SSSR count). The summed E-state index contributed by atoms with van der Waals surface area (Å²) >= 11 is 4.61. The minimum Gasteiger partial charge on any atom is -0.294 e. The number of ketones is 2. The monoisotopic (exact) mass is 309 g/mol. The third-order valence-electron chi connectivity index (χ3n) is 2.15. The minimum absolute atomic E-state index is 0.112. The lowest BCUT2D eigenvalue weighted by molar-refractivity contribution is 0.0896. The molecule has 0 spiro atoms. The summed E-state index contributed by atoms with van der Waals surface area (Å²) < 4.78 is 0.861. The highest BCUT2D eigenvalue weighted by molar-refractivity contribution is 9.10. The molecule has 0 unspecified atom stereocenters. The molecule has 0 atom stereocenters. The largest absolute Gasteiger partial charge is 0.294 e. The van der Waals surface area contributed by atoms with Gasteiger partial charge >= 0.3 is 0 Å². The van der Waals surface area contributed by atoms with Crippen molar-refractivity contribution >= 4 is 38.8 Å². The molecule has 2 heterocycles. The zero-order valence-corrected chi connectivity index (χ0v) is 11.1. The van der Waals surface area contributed by atoms with Crippen LogP contribution in [0.1, 0.15) is 26.5 Å². The number of hydrogen-bond acceptors (Lipinski definition) is 4. The fourth-order valence-electron chi connectivity index (χ4n) is 1.32. The van der Waals surface area contributed by atoms with E-state index in [0.29, 0.717) is 10.4 Å². The van der Waals surface area contributed by atoms with Gasteiger partial charge < -0.3 is 0 Å². The number of carbonyl (C=O) groups is 2. The lowest BCUT2D eigenvalue weighted by atomic mass is 10.1. The topological polar surface area (TPSA) is 47.0 Å². The molecule has 2 aromatic heterocycles. The molecule has 0 saturated heterocycles. The molecule has 0 aromatic carbocycles. The normalized spacial score (nSPS) is 10.2. The van der Waals surface area contributed by atoms with Gasteiger partial charge in [-0.2, -0.15) is 0 Å². The van der Waals surface area contributed by atoms with Crippen LogP contribution in [-0.2, 0) is 0 Å². The highest BCUT2D eigenvalue weighted by atomic mass is 79.9. The van der Waals surface area contributed by atoms with Crippen LogP contribution in [-0.4, -0.2) is 16.6 Å². The Balaban J connectivity index is 2.07. The molecule has 0 aliphatic carbocycles. The molecule has 3 nitrogen and oxygen atoms in total. The minimum atomic E-state index is -0.201. The van der Waals surface area contributed by atoms with Gasteiger partial charge in [0.25, 0.3) is 0 Å². The Hall–Kier alpha value is -1.33. The van der Waals surface area contributed by atoms with E-state index in [0.717, 1.165) is 4.47 Å². The number of aromatic nitrogens is 1. The van der Waals surface area contributed by atoms with E-state index >= 15 is 0 Å². The van der Waals surface area contributed by atoms with Crippen molar-refractivity contribution in [2.24, 2.45) is 0 Å². The first kappa shape index (κ1) is 12.1. The predicted octanol–water partition coefficient (Wildman–Crippen LogP) is 3.36. The predicted molar refractivity (Wildman–Crippen MR) is 69.5 cm³/mol. The zero-order chi connectivity index (χ0) is 12.3. The number of thiophene rings is 1. The summed E-state index contributed by atoms with van der Waals surface area (Å²) in [7, 11) is 0. The van der Waals surface area contributed by atoms with E-state index in [4.69, 9.17) is 0 Å². The van der Waals surface area contributed by atoms with Gasteiger partial charge in [0.2, 0.25) is 0 Å². The molecule has 0 aliphatic rings. The molecular weight excluding hydrogens is 302 g/mol. The first-order valence-corrected chi connectivity index (χ1v) is 6.54. The van der Waals surface area contributed by atoms with Crippen molar-refractivity contribution in [3.63, 3.8) is 0 Å². The average Bonchev–Trinajstić information content (AvgIpc) is 2.77. The van der Waals surface area contributed by atoms with Gasteiger partial charge in [0.1, 0.15) is 0 Å². The Morgan fingerprint density at radius 2 is 2.18 bits per heavy atom. The number of nitrogens with zero attached hydrogens (tertiary/aromatic N) is 1. The van der Waals surface area contributed by atoms with Crippen LogP contribution in [0.2, 0.25) is 0 Å². The van der Waals surface area contributed by atoms with Gasteiger partial charge in [-0.3, -0.25) is 14.6 Å². The van der Waals surface area contributed by atoms with Crippen LogP contribution in [0, 0.1) is 0 Å². The molecule has 17 heavy (non-hydrogen) atoms. The Morgan fingerprint density at radius 1 is 1.35 bits per heavy atom. The van der Waals surface area contributed by atoms with Crippen molar-refractivity contribution in [1.82, 2.24) is 4.98 Å². The summed E-state index contributed by atoms with van der Waals surface area (Å²) in [5.74, 6) is -0.359. The van der Waals surface area contributed by atoms with Crippen molar-refractivity contribution in [3.05, 3.63) is 50.9 Å². The van der Waals surface area contributed by atoms with Gasteiger partial charge in [-0.25, -0.2) is 0 Å². The molecule has 0 saturated carbocycles. The maximum Gasteiger partial charge on any atom is 0.180 e. The first-order valence-electron chi connectivity index (χ1n) is 4.87. The fourth-order valence-corrected chi connectivity index (χ4v) is 2.69. The Bertz CT molecular complexity index is 551. The van der Waals surface area contributed by atoms with E-state index in [1.807, 2.05) is 5.38 Å². The van der Waals surface area contributed by atoms with Crippen molar-refractivity contribution in [1.29, 1.82) is 0 Å². The molecule has 5 heteroatoms. The lowest BCUT2D eigenvalue weighted by Crippen LogP contribution is -2.07. The highest BCUT2D eigenvalue weighted by Crippen LogP contribution is 2.21. The van der Waals surface area contributed by atoms with E-state index in [9.17, 15) is 9.59 Å². The molecule has 0 amide bonds. The summed E-state index contributed by atoms with van der Waals surface area (Å²) in [6, 6.07) is 5.07. The summed E-state index contributed by atoms with van der Waals surface area (Å²) in [6.45, 7) is 0. The standard InChI is InChI=1S/C12H8BrNO2S/c13-9-4-12(17-7-9)11(16)5-10(15)8-2-1-3-14-6-8/h1-4,6-7H,5H2. The third-order valence-corrected chi connectivity index (χ3v) is 3.88. The van der Waals surface area contributed by atoms with Gasteiger partial charge in [0.15, 0.2) is 11.6 Å². The SMILES string of the molecule is O=C(CC(=O)c1cc(Br)cs1)c1cccnc1. The van der Waals surface area contributed by atoms with Crippen LogP contribution in [0.15, 0.2) is 40.4 Å². The van der Waals surface area contributed by atoms with Gasteiger partial charge in [0.05, 0.1) is 11.3 Å². The molecule has 2 aromatic rings. The number of halogens is 1. The second kappa shape index (κ2) is 5.33. The summed E-state index contributed by atoms with van der Waals surface area (Å²) in [6.07, 6.45) is 2.95. The van der Waals surface area contributed by atoms with Gasteiger partial charge in [-0.1, -0.05) is 0 Å². The highest BCUT2D eigenvalue weighted by Gasteiger charge is 2.15. The smallest absolute Gasteiger partial charge is 0.180 e. The van der Waals surface area contributed by atoms with E-state index < -0.39 is 0 Å². The maximum absolute atomic E-state index is 11.8. The second-order valence-corrected chi connectivity index (χ2v) is 5.22. The van der Waals surface area contributed by atoms with Gasteiger partial charge in [-0.15, -0.1) is 11.3 Å². The third kappa shape index (κ3) is 3.08. The number of carbonyl (C=O) groups excluding carboxylic acids is 2. The average molecular weight is 310 g/mol. The van der Waals surface area contributed by atoms with Crippen LogP contribution < -0.4 is 0 Å². The number of rotatable bonds is 4. The van der Waals surface area contributed by atoms with Crippen molar-refractivity contribution < 1.29 is 9.59 Å². The molecular formula is C12H8BrNO2S. The molecule has 0 aliphatic heterocycles. The van der Waals surface area contributed by atoms with Crippen molar-refractivity contribution in [2.45, 2.75) is 6.42 Å². The van der Waals surface area contributed by atoms with E-state index in [1.165, 1.54) is 17.5 Å². The van der Waals surface area contributed by atoms with E-state index in [1.54, 1.807) is 24.4 Å². The van der Waals surface area contributed by atoms with Crippen LogP contribution in [0.4, 0.5) is 0 Å². The van der Waals surface area contributed by atoms with Crippen LogP contribution in [0.3, 0.4) is 0 Å². The van der Waals surface area contributed by atoms with Crippen LogP contribution in [0.5, 0.6) is 0 Å². The fraction of sp³-hybridized carbons (Fsp3) is 0.0833. The van der Waals surface area contributed by atoms with Crippen LogP contribution >= 0.6 is 27.3 Å². The number of pyridine rings is 1. The summed E-state index contributed by atoms with van der Waals surface area (Å²) in [4.78, 5) is 28.0. The van der Waals surface area contributed by atoms with Crippen molar-refractivity contribution in [2.75, 3.05) is 0 Å². The molecule has 0 radical (unpaired) electrons. The first-order chi connectivity index (χ1) is 8.16. The Morgan fingerprint density at radius 3 is 2.76 bits per heavy atom. The molecule has 0 bridgehead atoms. The quantitative estimate of drug-likeness (QED) is 0.642. The van der Waals surface area contributed by atoms with Crippen LogP contribution in [0.25, 0.3) is 0 Å². The Labute approximate surface area is 111 Å². The van der Waals surface area contributed by atoms with Gasteiger partial charge in [-0.05, 0) is 34.1 Å². The van der Waals surface area contributed by atoms with Gasteiger partial charge in [0, 0.05) is 27.8 Å². The molecule has 0 fully saturated rings. The summed E-state index contributed by atoms with van der Waals surface area (Å²) in [5.41, 5.74) is 0.469. The number of Topliss-reactive ketones (excluding diaryl/α,β-unsaturated/α-hetero) is 2. The Kier molecular flexibility index (Phi) is 3.81.